The van der Waals surface area contributed by atoms with Crippen LogP contribution in [0.15, 0.2) is 11.3 Å². The van der Waals surface area contributed by atoms with Gasteiger partial charge in [0.05, 0.1) is 24.5 Å². The van der Waals surface area contributed by atoms with Crippen molar-refractivity contribution in [1.82, 2.24) is 16.0 Å². The predicted molar refractivity (Wildman–Crippen MR) is 260 cm³/mol. The molecular weight excluding hydrogens is 1050 g/mol. The summed E-state index contributed by atoms with van der Waals surface area (Å²) in [4.78, 5) is 113. The van der Waals surface area contributed by atoms with Gasteiger partial charge in [-0.3, -0.25) is 29.4 Å². The van der Waals surface area contributed by atoms with E-state index in [1.165, 1.54) is 27.9 Å². The topological polar surface area (TPSA) is 420 Å². The fourth-order valence-electron chi connectivity index (χ4n) is 8.09. The number of hydrogen-bond acceptors (Lipinski definition) is 24. The first-order valence-electron chi connectivity index (χ1n) is 22.9. The molecule has 12 unspecified atom stereocenters. The van der Waals surface area contributed by atoms with Gasteiger partial charge in [0, 0.05) is 51.1 Å². The van der Waals surface area contributed by atoms with Gasteiger partial charge in [-0.15, -0.1) is 0 Å². The van der Waals surface area contributed by atoms with Gasteiger partial charge in [-0.1, -0.05) is 44.8 Å². The summed E-state index contributed by atoms with van der Waals surface area (Å²) in [5.74, 6) is -13.4. The van der Waals surface area contributed by atoms with E-state index in [9.17, 15) is 78.9 Å². The van der Waals surface area contributed by atoms with Crippen LogP contribution in [0.5, 0.6) is 0 Å². The Hall–Kier alpha value is -5.05. The molecule has 30 heteroatoms. The third-order valence-corrected chi connectivity index (χ3v) is 15.1. The lowest BCUT2D eigenvalue weighted by atomic mass is 9.74. The molecule has 0 spiro atoms. The maximum absolute atomic E-state index is 14.8. The largest absolute Gasteiger partial charge is 0.508 e. The number of aliphatic hydroxyl groups excluding tert-OH is 2. The van der Waals surface area contributed by atoms with Crippen LogP contribution in [0.4, 0.5) is 0 Å². The smallest absolute Gasteiger partial charge is 0.341 e. The fraction of sp³-hybridized carbons (Fsp3) is 0.705. The van der Waals surface area contributed by atoms with Gasteiger partial charge in [0.25, 0.3) is 0 Å². The number of carbonyl (C=O) groups excluding carboxylic acids is 6. The van der Waals surface area contributed by atoms with Crippen LogP contribution in [-0.4, -0.2) is 214 Å². The average Bonchev–Trinajstić information content (AvgIpc) is 3.30. The van der Waals surface area contributed by atoms with Gasteiger partial charge >= 0.3 is 35.8 Å². The van der Waals surface area contributed by atoms with Gasteiger partial charge in [-0.2, -0.15) is 11.8 Å². The van der Waals surface area contributed by atoms with Gasteiger partial charge in [-0.25, -0.2) is 19.2 Å². The van der Waals surface area contributed by atoms with Gasteiger partial charge in [0.15, 0.2) is 29.4 Å². The number of ether oxygens (including phenoxy) is 7. The van der Waals surface area contributed by atoms with Crippen LogP contribution in [0.1, 0.15) is 74.7 Å². The first-order chi connectivity index (χ1) is 34.3. The number of esters is 3. The van der Waals surface area contributed by atoms with Crippen molar-refractivity contribution in [2.75, 3.05) is 25.2 Å². The van der Waals surface area contributed by atoms with Crippen LogP contribution >= 0.6 is 35.7 Å². The fourth-order valence-corrected chi connectivity index (χ4v) is 10.3. The normalized spacial score (nSPS) is 29.5. The Labute approximate surface area is 437 Å². The number of carboxylic acid groups (broad SMARTS) is 3. The van der Waals surface area contributed by atoms with Crippen molar-refractivity contribution in [1.29, 1.82) is 5.41 Å². The zero-order valence-electron chi connectivity index (χ0n) is 41.7. The minimum Gasteiger partial charge on any atom is -0.508 e. The number of thiocarbonyl (C=S) groups is 1. The molecule has 0 aromatic heterocycles. The number of rotatable bonds is 24. The van der Waals surface area contributed by atoms with Crippen molar-refractivity contribution in [3.63, 3.8) is 0 Å². The van der Waals surface area contributed by atoms with Crippen LogP contribution < -0.4 is 16.0 Å². The average molecular weight is 1110 g/mol. The van der Waals surface area contributed by atoms with Crippen LogP contribution in [0.3, 0.4) is 0 Å². The number of aliphatic carboxylic acids is 3. The molecule has 11 N–H and O–H groups in total. The molecule has 2 heterocycles. The Kier molecular flexibility index (Phi) is 23.2. The zero-order valence-corrected chi connectivity index (χ0v) is 44.2. The lowest BCUT2D eigenvalue weighted by Crippen LogP contribution is -2.70. The van der Waals surface area contributed by atoms with E-state index in [2.05, 4.69) is 16.0 Å². The van der Waals surface area contributed by atoms with Gasteiger partial charge in [0.1, 0.15) is 76.6 Å². The maximum Gasteiger partial charge on any atom is 0.341 e. The van der Waals surface area contributed by atoms with E-state index in [4.69, 9.17) is 50.8 Å². The number of carboxylic acids is 3. The van der Waals surface area contributed by atoms with Gasteiger partial charge in [-0.05, 0) is 20.3 Å². The molecule has 2 aliphatic heterocycles. The minimum atomic E-state index is -3.19. The van der Waals surface area contributed by atoms with E-state index in [0.29, 0.717) is 18.2 Å². The SMILES string of the molecule is CC[C@H](C)C(=O)O[C@@H](C)C1(O)C(C)OC(OC2C(OC(=O)C(NC(=S)SCC(NC(C)=O)C(=O)O)C(C)SCC(NC(C)=O)C(=O)O)C(COC(C)=O)O[C@H]([C@@]3(O)CC(=O)C(=N)C(C(=O)O)=C3O)C2O)CC1OC. The summed E-state index contributed by atoms with van der Waals surface area (Å²) >= 11 is 6.91. The minimum absolute atomic E-state index is 0.269. The molecule has 0 aromatic carbocycles. The van der Waals surface area contributed by atoms with E-state index in [1.54, 1.807) is 13.8 Å². The Morgan fingerprint density at radius 1 is 0.905 bits per heavy atom. The number of carbonyl (C=O) groups is 9. The number of thioether (sulfide) groups is 2. The first kappa shape index (κ1) is 63.2. The lowest BCUT2D eigenvalue weighted by molar-refractivity contribution is -0.345. The number of ketones is 1. The highest BCUT2D eigenvalue weighted by Gasteiger charge is 2.62. The van der Waals surface area contributed by atoms with Crippen molar-refractivity contribution in [3.8, 4) is 0 Å². The second-order valence-corrected chi connectivity index (χ2v) is 20.8. The molecule has 0 aromatic rings. The molecule has 2 amide bonds. The van der Waals surface area contributed by atoms with Gasteiger partial charge in [0.2, 0.25) is 11.8 Å². The molecule has 16 atom stereocenters. The number of amides is 2. The van der Waals surface area contributed by atoms with Crippen LogP contribution in [0.2, 0.25) is 0 Å². The molecule has 1 aliphatic carbocycles. The second kappa shape index (κ2) is 27.1. The predicted octanol–water partition coefficient (Wildman–Crippen LogP) is -1.27. The van der Waals surface area contributed by atoms with Crippen LogP contribution in [0.25, 0.3) is 0 Å². The molecule has 3 rings (SSSR count). The van der Waals surface area contributed by atoms with E-state index in [1.807, 2.05) is 0 Å². The van der Waals surface area contributed by atoms with Crippen molar-refractivity contribution in [3.05, 3.63) is 11.3 Å². The summed E-state index contributed by atoms with van der Waals surface area (Å²) in [7, 11) is 1.21. The molecule has 3 aliphatic rings. The first-order valence-corrected chi connectivity index (χ1v) is 25.3. The number of methoxy groups -OCH3 is 1. The molecule has 0 saturated carbocycles. The third kappa shape index (κ3) is 15.5. The third-order valence-electron chi connectivity index (χ3n) is 12.4. The van der Waals surface area contributed by atoms with E-state index in [-0.39, 0.29) is 15.8 Å². The quantitative estimate of drug-likeness (QED) is 0.0305. The summed E-state index contributed by atoms with van der Waals surface area (Å²) in [5.41, 5.74) is -7.85. The standard InChI is InChI=1S/C44H64N4O23S3/c1-10-16(2)40(61)68-19(5)44(64)18(4)67-28(11-27(44)65-9)70-34-32(53)36(43(63)12-25(52)30(45)29(35(43)54)39(59)60)69-26(13-66-22(8)51)33(34)71-41(62)31(17(3)73-14-23(37(55)56)46-20(6)49)48-42(72)74-15-24(38(57)58)47-21(7)50/h16-19,23-24,26-28,31-34,36,45,53-54,63-64H,10-15H2,1-9H3,(H,46,49)(H,47,50)(H,48,72)(H,55,56)(H,57,58)(H,59,60)/t16-,17?,18?,19-,23?,24?,26?,27?,28?,31?,32?,33?,34?,36-,43+,44?/m0/s1. The lowest BCUT2D eigenvalue weighted by Gasteiger charge is -2.52. The summed E-state index contributed by atoms with van der Waals surface area (Å²) in [6.07, 6.45) is -17.7. The van der Waals surface area contributed by atoms with Crippen molar-refractivity contribution in [2.45, 2.75) is 164 Å². The highest BCUT2D eigenvalue weighted by atomic mass is 32.2. The highest BCUT2D eigenvalue weighted by Crippen LogP contribution is 2.43. The Morgan fingerprint density at radius 3 is 2.00 bits per heavy atom. The van der Waals surface area contributed by atoms with E-state index >= 15 is 0 Å². The maximum atomic E-state index is 14.8. The summed E-state index contributed by atoms with van der Waals surface area (Å²) in [5, 5.41) is 91.3. The molecule has 0 bridgehead atoms. The molecule has 27 nitrogen and oxygen atoms in total. The summed E-state index contributed by atoms with van der Waals surface area (Å²) in [6, 6.07) is -4.65. The number of aliphatic hydroxyl groups is 4. The van der Waals surface area contributed by atoms with Crippen LogP contribution in [-0.2, 0) is 76.3 Å². The number of hydrogen-bond donors (Lipinski definition) is 11. The number of Topliss-reactive ketones (excluding diaryl/α,β-unsaturated/α-hetero) is 1. The highest BCUT2D eigenvalue weighted by molar-refractivity contribution is 8.23. The van der Waals surface area contributed by atoms with E-state index < -0.39 is 186 Å². The van der Waals surface area contributed by atoms with Crippen molar-refractivity contribution >= 4 is 99.2 Å². The molecule has 74 heavy (non-hydrogen) atoms. The Balaban J connectivity index is 2.23. The Morgan fingerprint density at radius 2 is 1.49 bits per heavy atom. The number of nitrogens with one attached hydrogen (secondary N) is 4. The van der Waals surface area contributed by atoms with Gasteiger partial charge < -0.3 is 84.9 Å². The molecule has 2 saturated heterocycles. The molecular formula is C44H64N4O23S3. The summed E-state index contributed by atoms with van der Waals surface area (Å²) in [6.45, 7) is 9.72. The second-order valence-electron chi connectivity index (χ2n) is 17.7. The van der Waals surface area contributed by atoms with Crippen molar-refractivity contribution in [2.24, 2.45) is 5.92 Å². The Bertz CT molecular complexity index is 2200. The molecule has 416 valence electrons. The molecule has 0 radical (unpaired) electrons. The summed E-state index contributed by atoms with van der Waals surface area (Å²) < 4.78 is 40.8. The monoisotopic (exact) mass is 1110 g/mol. The zero-order chi connectivity index (χ0) is 56.3. The van der Waals surface area contributed by atoms with Crippen LogP contribution in [0, 0.1) is 11.3 Å². The molecule has 2 fully saturated rings. The van der Waals surface area contributed by atoms with Crippen molar-refractivity contribution < 1.29 is 112 Å². The van der Waals surface area contributed by atoms with E-state index in [0.717, 1.165) is 32.5 Å².